The minimum Gasteiger partial charge on any atom is -0.348 e. The molecule has 0 N–H and O–H groups in total. The largest absolute Gasteiger partial charge is 0.348 e. The van der Waals surface area contributed by atoms with Crippen LogP contribution in [0.25, 0.3) is 0 Å². The highest BCUT2D eigenvalue weighted by molar-refractivity contribution is 7.09. The molecule has 1 fully saturated rings. The third-order valence-electron chi connectivity index (χ3n) is 3.51. The number of hydrogen-bond acceptors (Lipinski definition) is 3. The van der Waals surface area contributed by atoms with Crippen LogP contribution in [-0.4, -0.2) is 11.0 Å². The van der Waals surface area contributed by atoms with Crippen molar-refractivity contribution in [2.24, 2.45) is 0 Å². The Morgan fingerprint density at radius 3 is 2.79 bits per heavy atom. The van der Waals surface area contributed by atoms with Crippen molar-refractivity contribution in [3.63, 3.8) is 0 Å². The minimum absolute atomic E-state index is 0.535. The smallest absolute Gasteiger partial charge is 0.129 e. The van der Waals surface area contributed by atoms with Crippen LogP contribution < -0.4 is 4.90 Å². The van der Waals surface area contributed by atoms with E-state index in [0.717, 1.165) is 23.6 Å². The molecule has 0 atom stereocenters. The molecular formula is C15H17ClN2S. The second-order valence-electron chi connectivity index (χ2n) is 4.99. The molecule has 2 nitrogen and oxygen atoms in total. The highest BCUT2D eigenvalue weighted by Gasteiger charge is 2.30. The van der Waals surface area contributed by atoms with Crippen molar-refractivity contribution in [1.29, 1.82) is 0 Å². The third-order valence-corrected chi connectivity index (χ3v) is 4.66. The van der Waals surface area contributed by atoms with Crippen molar-refractivity contribution in [2.75, 3.05) is 4.90 Å². The van der Waals surface area contributed by atoms with Gasteiger partial charge in [0.1, 0.15) is 5.82 Å². The van der Waals surface area contributed by atoms with Crippen LogP contribution in [0.2, 0.25) is 0 Å². The lowest BCUT2D eigenvalue weighted by Gasteiger charge is -2.23. The highest BCUT2D eigenvalue weighted by atomic mass is 35.5. The summed E-state index contributed by atoms with van der Waals surface area (Å²) >= 11 is 7.71. The van der Waals surface area contributed by atoms with Gasteiger partial charge in [-0.15, -0.1) is 22.9 Å². The maximum Gasteiger partial charge on any atom is 0.129 e. The second-order valence-corrected chi connectivity index (χ2v) is 6.29. The lowest BCUT2D eigenvalue weighted by molar-refractivity contribution is 0.782. The average Bonchev–Trinajstić information content (AvgIpc) is 3.13. The summed E-state index contributed by atoms with van der Waals surface area (Å²) in [6.07, 6.45) is 2.56. The van der Waals surface area contributed by atoms with E-state index in [1.54, 1.807) is 0 Å². The predicted octanol–water partition coefficient (Wildman–Crippen LogP) is 4.36. The summed E-state index contributed by atoms with van der Waals surface area (Å²) < 4.78 is 0. The van der Waals surface area contributed by atoms with Crippen LogP contribution in [0.3, 0.4) is 0 Å². The van der Waals surface area contributed by atoms with E-state index < -0.39 is 0 Å². The number of rotatable bonds is 5. The van der Waals surface area contributed by atoms with Crippen LogP contribution in [0, 0.1) is 6.92 Å². The van der Waals surface area contributed by atoms with Crippen LogP contribution in [0.4, 0.5) is 5.82 Å². The van der Waals surface area contributed by atoms with Gasteiger partial charge in [0.2, 0.25) is 0 Å². The summed E-state index contributed by atoms with van der Waals surface area (Å²) in [6, 6.07) is 9.18. The number of pyridine rings is 1. The van der Waals surface area contributed by atoms with Gasteiger partial charge >= 0.3 is 0 Å². The molecule has 0 unspecified atom stereocenters. The molecule has 4 heteroatoms. The van der Waals surface area contributed by atoms with Gasteiger partial charge < -0.3 is 4.90 Å². The van der Waals surface area contributed by atoms with Crippen LogP contribution in [0.15, 0.2) is 29.6 Å². The highest BCUT2D eigenvalue weighted by Crippen LogP contribution is 2.33. The first-order valence-electron chi connectivity index (χ1n) is 6.59. The Morgan fingerprint density at radius 1 is 1.37 bits per heavy atom. The van der Waals surface area contributed by atoms with Gasteiger partial charge in [-0.3, -0.25) is 0 Å². The maximum absolute atomic E-state index is 5.90. The van der Waals surface area contributed by atoms with E-state index in [4.69, 9.17) is 16.6 Å². The summed E-state index contributed by atoms with van der Waals surface area (Å²) in [6.45, 7) is 3.01. The van der Waals surface area contributed by atoms with Gasteiger partial charge in [0.25, 0.3) is 0 Å². The number of aryl methyl sites for hydroxylation is 1. The van der Waals surface area contributed by atoms with Crippen LogP contribution in [0.1, 0.15) is 29.0 Å². The third kappa shape index (κ3) is 2.93. The molecule has 0 bridgehead atoms. The van der Waals surface area contributed by atoms with Gasteiger partial charge in [0.15, 0.2) is 0 Å². The van der Waals surface area contributed by atoms with Gasteiger partial charge in [0.05, 0.1) is 6.54 Å². The molecule has 2 aromatic rings. The zero-order chi connectivity index (χ0) is 13.2. The maximum atomic E-state index is 5.90. The molecule has 0 saturated heterocycles. The van der Waals surface area contributed by atoms with Crippen molar-refractivity contribution in [1.82, 2.24) is 4.98 Å². The molecule has 1 saturated carbocycles. The normalized spacial score (nSPS) is 14.6. The van der Waals surface area contributed by atoms with E-state index in [1.165, 1.54) is 17.7 Å². The molecule has 3 rings (SSSR count). The molecule has 0 aromatic carbocycles. The van der Waals surface area contributed by atoms with Crippen LogP contribution in [-0.2, 0) is 12.4 Å². The van der Waals surface area contributed by atoms with Crippen molar-refractivity contribution < 1.29 is 0 Å². The SMILES string of the molecule is Cc1nc(N(Cc2cccs2)C2CC2)ccc1CCl. The van der Waals surface area contributed by atoms with E-state index >= 15 is 0 Å². The molecule has 0 amide bonds. The molecule has 0 spiro atoms. The van der Waals surface area contributed by atoms with Crippen LogP contribution in [0.5, 0.6) is 0 Å². The van der Waals surface area contributed by atoms with E-state index in [1.807, 2.05) is 18.3 Å². The Balaban J connectivity index is 1.85. The molecule has 2 heterocycles. The molecule has 1 aliphatic carbocycles. The molecular weight excluding hydrogens is 276 g/mol. The monoisotopic (exact) mass is 292 g/mol. The molecule has 2 aromatic heterocycles. The zero-order valence-corrected chi connectivity index (χ0v) is 12.5. The molecule has 19 heavy (non-hydrogen) atoms. The Labute approximate surface area is 123 Å². The lowest BCUT2D eigenvalue weighted by Crippen LogP contribution is -2.25. The van der Waals surface area contributed by atoms with Crippen molar-refractivity contribution in [3.05, 3.63) is 45.8 Å². The number of hydrogen-bond donors (Lipinski definition) is 0. The number of aromatic nitrogens is 1. The van der Waals surface area contributed by atoms with Gasteiger partial charge in [-0.1, -0.05) is 12.1 Å². The van der Waals surface area contributed by atoms with Gasteiger partial charge in [-0.2, -0.15) is 0 Å². The molecule has 0 radical (unpaired) electrons. The van der Waals surface area contributed by atoms with E-state index in [9.17, 15) is 0 Å². The number of anilines is 1. The Bertz CT molecular complexity index is 549. The van der Waals surface area contributed by atoms with Gasteiger partial charge in [0, 0.05) is 22.5 Å². The number of thiophene rings is 1. The number of alkyl halides is 1. The first-order chi connectivity index (χ1) is 9.28. The quantitative estimate of drug-likeness (QED) is 0.761. The first kappa shape index (κ1) is 12.9. The number of halogens is 1. The molecule has 1 aliphatic rings. The molecule has 0 aliphatic heterocycles. The number of nitrogens with zero attached hydrogens (tertiary/aromatic N) is 2. The summed E-state index contributed by atoms with van der Waals surface area (Å²) in [5.41, 5.74) is 2.17. The standard InChI is InChI=1S/C15H17ClN2S/c1-11-12(9-16)4-7-15(17-11)18(13-5-6-13)10-14-3-2-8-19-14/h2-4,7-8,13H,5-6,9-10H2,1H3. The first-order valence-corrected chi connectivity index (χ1v) is 8.01. The topological polar surface area (TPSA) is 16.1 Å². The van der Waals surface area contributed by atoms with Gasteiger partial charge in [-0.25, -0.2) is 4.98 Å². The van der Waals surface area contributed by atoms with Crippen LogP contribution >= 0.6 is 22.9 Å². The lowest BCUT2D eigenvalue weighted by atomic mass is 10.2. The summed E-state index contributed by atoms with van der Waals surface area (Å²) in [7, 11) is 0. The predicted molar refractivity (Wildman–Crippen MR) is 82.1 cm³/mol. The summed E-state index contributed by atoms with van der Waals surface area (Å²) in [4.78, 5) is 8.56. The minimum atomic E-state index is 0.535. The fourth-order valence-electron chi connectivity index (χ4n) is 2.23. The van der Waals surface area contributed by atoms with E-state index in [2.05, 4.69) is 34.5 Å². The Morgan fingerprint density at radius 2 is 2.21 bits per heavy atom. The zero-order valence-electron chi connectivity index (χ0n) is 11.0. The van der Waals surface area contributed by atoms with Crippen molar-refractivity contribution in [2.45, 2.75) is 38.2 Å². The Kier molecular flexibility index (Phi) is 3.76. The van der Waals surface area contributed by atoms with E-state index in [-0.39, 0.29) is 0 Å². The van der Waals surface area contributed by atoms with Crippen molar-refractivity contribution >= 4 is 28.8 Å². The van der Waals surface area contributed by atoms with E-state index in [0.29, 0.717) is 11.9 Å². The summed E-state index contributed by atoms with van der Waals surface area (Å²) in [5, 5.41) is 2.13. The summed E-state index contributed by atoms with van der Waals surface area (Å²) in [5.74, 6) is 1.62. The fraction of sp³-hybridized carbons (Fsp3) is 0.400. The Hall–Kier alpha value is -1.06. The average molecular weight is 293 g/mol. The fourth-order valence-corrected chi connectivity index (χ4v) is 3.22. The van der Waals surface area contributed by atoms with Crippen molar-refractivity contribution in [3.8, 4) is 0 Å². The second kappa shape index (κ2) is 5.51. The molecule has 100 valence electrons. The van der Waals surface area contributed by atoms with Gasteiger partial charge in [-0.05, 0) is 42.8 Å².